The SMILES string of the molecule is CCCCN[C@H](C)N. The van der Waals surface area contributed by atoms with E-state index in [0.29, 0.717) is 0 Å². The summed E-state index contributed by atoms with van der Waals surface area (Å²) in [5.74, 6) is 0. The topological polar surface area (TPSA) is 38.0 Å². The molecule has 0 bridgehead atoms. The lowest BCUT2D eigenvalue weighted by Crippen LogP contribution is -2.34. The van der Waals surface area contributed by atoms with Crippen molar-refractivity contribution in [3.05, 3.63) is 0 Å². The number of hydrogen-bond donors (Lipinski definition) is 2. The summed E-state index contributed by atoms with van der Waals surface area (Å²) < 4.78 is 0. The van der Waals surface area contributed by atoms with Crippen LogP contribution < -0.4 is 11.1 Å². The molecule has 2 nitrogen and oxygen atoms in total. The molecule has 0 unspecified atom stereocenters. The minimum absolute atomic E-state index is 0.154. The van der Waals surface area contributed by atoms with E-state index in [1.54, 1.807) is 0 Å². The highest BCUT2D eigenvalue weighted by atomic mass is 15.0. The first kappa shape index (κ1) is 7.92. The van der Waals surface area contributed by atoms with Crippen molar-refractivity contribution in [2.24, 2.45) is 5.73 Å². The monoisotopic (exact) mass is 116 g/mol. The van der Waals surface area contributed by atoms with Gasteiger partial charge in [-0.2, -0.15) is 0 Å². The van der Waals surface area contributed by atoms with Crippen molar-refractivity contribution in [2.45, 2.75) is 32.9 Å². The molecule has 0 fully saturated rings. The third kappa shape index (κ3) is 5.92. The quantitative estimate of drug-likeness (QED) is 0.419. The van der Waals surface area contributed by atoms with Gasteiger partial charge < -0.3 is 11.1 Å². The lowest BCUT2D eigenvalue weighted by atomic mass is 10.3. The van der Waals surface area contributed by atoms with Crippen LogP contribution in [0.4, 0.5) is 0 Å². The fourth-order valence-electron chi connectivity index (χ4n) is 0.507. The molecule has 1 atom stereocenters. The maximum Gasteiger partial charge on any atom is 0.0517 e. The normalized spacial score (nSPS) is 13.9. The largest absolute Gasteiger partial charge is 0.316 e. The highest BCUT2D eigenvalue weighted by Gasteiger charge is 1.87. The molecule has 0 spiro atoms. The van der Waals surface area contributed by atoms with Gasteiger partial charge in [-0.1, -0.05) is 13.3 Å². The molecule has 3 N–H and O–H groups in total. The zero-order valence-electron chi connectivity index (χ0n) is 5.78. The van der Waals surface area contributed by atoms with Crippen molar-refractivity contribution in [3.63, 3.8) is 0 Å². The van der Waals surface area contributed by atoms with Crippen LogP contribution >= 0.6 is 0 Å². The van der Waals surface area contributed by atoms with E-state index in [-0.39, 0.29) is 6.17 Å². The average Bonchev–Trinajstić information content (AvgIpc) is 1.66. The lowest BCUT2D eigenvalue weighted by Gasteiger charge is -2.05. The lowest BCUT2D eigenvalue weighted by molar-refractivity contribution is 0.549. The van der Waals surface area contributed by atoms with E-state index < -0.39 is 0 Å². The molecule has 0 amide bonds. The van der Waals surface area contributed by atoms with Crippen molar-refractivity contribution in [2.75, 3.05) is 6.54 Å². The third-order valence-electron chi connectivity index (χ3n) is 0.997. The second-order valence-corrected chi connectivity index (χ2v) is 2.10. The van der Waals surface area contributed by atoms with Crippen LogP contribution in [0.3, 0.4) is 0 Å². The Bertz CT molecular complexity index is 43.8. The number of rotatable bonds is 4. The van der Waals surface area contributed by atoms with Gasteiger partial charge in [-0.05, 0) is 19.9 Å². The Labute approximate surface area is 51.5 Å². The molecule has 0 aromatic carbocycles. The number of unbranched alkanes of at least 4 members (excludes halogenated alkanes) is 1. The Balaban J connectivity index is 2.72. The Morgan fingerprint density at radius 1 is 1.62 bits per heavy atom. The Kier molecular flexibility index (Phi) is 5.01. The van der Waals surface area contributed by atoms with Crippen LogP contribution in [0.5, 0.6) is 0 Å². The summed E-state index contributed by atoms with van der Waals surface area (Å²) in [6.07, 6.45) is 2.61. The highest BCUT2D eigenvalue weighted by Crippen LogP contribution is 1.81. The van der Waals surface area contributed by atoms with Gasteiger partial charge in [0.15, 0.2) is 0 Å². The van der Waals surface area contributed by atoms with E-state index in [2.05, 4.69) is 12.2 Å². The molecule has 2 heteroatoms. The Hall–Kier alpha value is -0.0800. The number of nitrogens with two attached hydrogens (primary N) is 1. The molecule has 0 saturated carbocycles. The van der Waals surface area contributed by atoms with Crippen LogP contribution in [0, 0.1) is 0 Å². The van der Waals surface area contributed by atoms with Crippen molar-refractivity contribution < 1.29 is 0 Å². The van der Waals surface area contributed by atoms with E-state index in [1.165, 1.54) is 12.8 Å². The number of hydrogen-bond acceptors (Lipinski definition) is 2. The maximum atomic E-state index is 5.42. The fraction of sp³-hybridized carbons (Fsp3) is 1.00. The van der Waals surface area contributed by atoms with Crippen molar-refractivity contribution in [3.8, 4) is 0 Å². The van der Waals surface area contributed by atoms with Crippen LogP contribution in [0.2, 0.25) is 0 Å². The zero-order chi connectivity index (χ0) is 6.41. The molecule has 0 aliphatic heterocycles. The van der Waals surface area contributed by atoms with E-state index in [4.69, 9.17) is 5.73 Å². The third-order valence-corrected chi connectivity index (χ3v) is 0.997. The van der Waals surface area contributed by atoms with E-state index in [9.17, 15) is 0 Å². The molecule has 0 aliphatic rings. The second kappa shape index (κ2) is 5.06. The Morgan fingerprint density at radius 3 is 2.62 bits per heavy atom. The van der Waals surface area contributed by atoms with Crippen molar-refractivity contribution >= 4 is 0 Å². The average molecular weight is 116 g/mol. The van der Waals surface area contributed by atoms with Crippen molar-refractivity contribution in [1.82, 2.24) is 5.32 Å². The smallest absolute Gasteiger partial charge is 0.0517 e. The summed E-state index contributed by atoms with van der Waals surface area (Å²) in [6.45, 7) is 5.17. The summed E-state index contributed by atoms with van der Waals surface area (Å²) in [5.41, 5.74) is 5.42. The van der Waals surface area contributed by atoms with E-state index in [1.807, 2.05) is 6.92 Å². The van der Waals surface area contributed by atoms with Crippen LogP contribution in [-0.4, -0.2) is 12.7 Å². The van der Waals surface area contributed by atoms with Gasteiger partial charge in [-0.15, -0.1) is 0 Å². The van der Waals surface area contributed by atoms with Gasteiger partial charge in [0, 0.05) is 0 Å². The summed E-state index contributed by atoms with van der Waals surface area (Å²) in [7, 11) is 0. The van der Waals surface area contributed by atoms with Gasteiger partial charge in [0.1, 0.15) is 0 Å². The maximum absolute atomic E-state index is 5.42. The first-order valence-electron chi connectivity index (χ1n) is 3.26. The molecule has 0 saturated heterocycles. The summed E-state index contributed by atoms with van der Waals surface area (Å²) in [6, 6.07) is 0. The molecule has 0 heterocycles. The summed E-state index contributed by atoms with van der Waals surface area (Å²) in [4.78, 5) is 0. The minimum Gasteiger partial charge on any atom is -0.316 e. The molecule has 0 aromatic rings. The molecular weight excluding hydrogens is 100 g/mol. The van der Waals surface area contributed by atoms with E-state index >= 15 is 0 Å². The van der Waals surface area contributed by atoms with Crippen LogP contribution in [-0.2, 0) is 0 Å². The van der Waals surface area contributed by atoms with Gasteiger partial charge in [0.2, 0.25) is 0 Å². The predicted octanol–water partition coefficient (Wildman–Crippen LogP) is 0.681. The van der Waals surface area contributed by atoms with Crippen LogP contribution in [0.1, 0.15) is 26.7 Å². The first-order valence-corrected chi connectivity index (χ1v) is 3.26. The van der Waals surface area contributed by atoms with Gasteiger partial charge in [0.25, 0.3) is 0 Å². The molecule has 0 aliphatic carbocycles. The van der Waals surface area contributed by atoms with Crippen LogP contribution in [0.15, 0.2) is 0 Å². The molecular formula is C6H16N2. The zero-order valence-corrected chi connectivity index (χ0v) is 5.78. The van der Waals surface area contributed by atoms with Crippen LogP contribution in [0.25, 0.3) is 0 Å². The molecule has 0 radical (unpaired) electrons. The number of nitrogens with one attached hydrogen (secondary N) is 1. The second-order valence-electron chi connectivity index (χ2n) is 2.10. The van der Waals surface area contributed by atoms with Gasteiger partial charge in [0.05, 0.1) is 6.17 Å². The highest BCUT2D eigenvalue weighted by molar-refractivity contribution is 4.48. The van der Waals surface area contributed by atoms with Crippen molar-refractivity contribution in [1.29, 1.82) is 0 Å². The molecule has 0 rings (SSSR count). The summed E-state index contributed by atoms with van der Waals surface area (Å²) >= 11 is 0. The van der Waals surface area contributed by atoms with E-state index in [0.717, 1.165) is 6.54 Å². The Morgan fingerprint density at radius 2 is 2.25 bits per heavy atom. The minimum atomic E-state index is 0.154. The fourth-order valence-corrected chi connectivity index (χ4v) is 0.507. The summed E-state index contributed by atoms with van der Waals surface area (Å²) in [5, 5.41) is 3.12. The van der Waals surface area contributed by atoms with Gasteiger partial charge in [-0.3, -0.25) is 0 Å². The standard InChI is InChI=1S/C6H16N2/c1-3-4-5-8-6(2)7/h6,8H,3-5,7H2,1-2H3/t6-/m1/s1. The molecule has 50 valence electrons. The van der Waals surface area contributed by atoms with Gasteiger partial charge >= 0.3 is 0 Å². The molecule has 0 aromatic heterocycles. The van der Waals surface area contributed by atoms with Gasteiger partial charge in [-0.25, -0.2) is 0 Å². The first-order chi connectivity index (χ1) is 3.77. The molecule has 8 heavy (non-hydrogen) atoms. The predicted molar refractivity (Wildman–Crippen MR) is 36.6 cm³/mol.